The van der Waals surface area contributed by atoms with Gasteiger partial charge in [-0.2, -0.15) is 0 Å². The van der Waals surface area contributed by atoms with E-state index in [1.54, 1.807) is 0 Å². The van der Waals surface area contributed by atoms with Crippen LogP contribution in [0.4, 0.5) is 0 Å². The second-order valence-corrected chi connectivity index (χ2v) is 6.87. The normalized spacial score (nSPS) is 15.5. The second kappa shape index (κ2) is 7.18. The van der Waals surface area contributed by atoms with Crippen LogP contribution in [0.3, 0.4) is 0 Å². The molecular weight excluding hydrogens is 296 g/mol. The fourth-order valence-electron chi connectivity index (χ4n) is 3.20. The minimum absolute atomic E-state index is 0.172. The molecule has 2 aromatic carbocycles. The van der Waals surface area contributed by atoms with Gasteiger partial charge in [0.15, 0.2) is 0 Å². The smallest absolute Gasteiger partial charge is 0.254 e. The lowest BCUT2D eigenvalue weighted by Crippen LogP contribution is -2.48. The zero-order chi connectivity index (χ0) is 17.1. The SMILES string of the molecule is Cc1ccc(CN2CCN(C(=O)c3cc(C)ccc3C)CC2)cc1. The van der Waals surface area contributed by atoms with E-state index in [4.69, 9.17) is 0 Å². The number of hydrogen-bond acceptors (Lipinski definition) is 2. The highest BCUT2D eigenvalue weighted by Crippen LogP contribution is 2.16. The highest BCUT2D eigenvalue weighted by atomic mass is 16.2. The topological polar surface area (TPSA) is 23.6 Å². The first-order chi connectivity index (χ1) is 11.5. The number of amides is 1. The molecule has 3 heteroatoms. The Morgan fingerprint density at radius 1 is 0.875 bits per heavy atom. The van der Waals surface area contributed by atoms with E-state index in [0.29, 0.717) is 0 Å². The first-order valence-corrected chi connectivity index (χ1v) is 8.67. The van der Waals surface area contributed by atoms with Gasteiger partial charge in [0, 0.05) is 38.3 Å². The summed E-state index contributed by atoms with van der Waals surface area (Å²) in [5.41, 5.74) is 5.69. The van der Waals surface area contributed by atoms with Crippen LogP contribution in [0, 0.1) is 20.8 Å². The molecule has 1 aliphatic heterocycles. The van der Waals surface area contributed by atoms with Crippen LogP contribution < -0.4 is 0 Å². The number of aryl methyl sites for hydroxylation is 3. The second-order valence-electron chi connectivity index (χ2n) is 6.87. The van der Waals surface area contributed by atoms with Gasteiger partial charge in [-0.05, 0) is 38.0 Å². The molecule has 0 aliphatic carbocycles. The molecule has 1 aliphatic rings. The predicted octanol–water partition coefficient (Wildman–Crippen LogP) is 3.57. The van der Waals surface area contributed by atoms with Gasteiger partial charge in [0.2, 0.25) is 0 Å². The summed E-state index contributed by atoms with van der Waals surface area (Å²) in [5.74, 6) is 0.172. The molecule has 3 rings (SSSR count). The first kappa shape index (κ1) is 16.7. The fourth-order valence-corrected chi connectivity index (χ4v) is 3.20. The van der Waals surface area contributed by atoms with Crippen LogP contribution in [0.25, 0.3) is 0 Å². The van der Waals surface area contributed by atoms with Gasteiger partial charge in [-0.25, -0.2) is 0 Å². The number of nitrogens with zero attached hydrogens (tertiary/aromatic N) is 2. The van der Waals surface area contributed by atoms with Crippen LogP contribution in [0.2, 0.25) is 0 Å². The lowest BCUT2D eigenvalue weighted by atomic mass is 10.0. The Bertz CT molecular complexity index is 713. The Hall–Kier alpha value is -2.13. The Balaban J connectivity index is 1.59. The largest absolute Gasteiger partial charge is 0.336 e. The third kappa shape index (κ3) is 3.85. The van der Waals surface area contributed by atoms with Crippen LogP contribution in [-0.2, 0) is 6.54 Å². The maximum absolute atomic E-state index is 12.8. The Labute approximate surface area is 144 Å². The van der Waals surface area contributed by atoms with Gasteiger partial charge >= 0.3 is 0 Å². The molecule has 3 nitrogen and oxygen atoms in total. The van der Waals surface area contributed by atoms with Gasteiger partial charge in [-0.15, -0.1) is 0 Å². The monoisotopic (exact) mass is 322 g/mol. The van der Waals surface area contributed by atoms with E-state index in [2.05, 4.69) is 42.2 Å². The molecule has 126 valence electrons. The highest BCUT2D eigenvalue weighted by Gasteiger charge is 2.23. The molecule has 1 saturated heterocycles. The molecule has 0 atom stereocenters. The van der Waals surface area contributed by atoms with Crippen molar-refractivity contribution in [1.29, 1.82) is 0 Å². The van der Waals surface area contributed by atoms with E-state index in [1.807, 2.05) is 30.9 Å². The number of carbonyl (C=O) groups excluding carboxylic acids is 1. The van der Waals surface area contributed by atoms with Crippen molar-refractivity contribution in [3.63, 3.8) is 0 Å². The molecule has 1 fully saturated rings. The zero-order valence-corrected chi connectivity index (χ0v) is 14.9. The first-order valence-electron chi connectivity index (χ1n) is 8.67. The fraction of sp³-hybridized carbons (Fsp3) is 0.381. The van der Waals surface area contributed by atoms with E-state index in [-0.39, 0.29) is 5.91 Å². The van der Waals surface area contributed by atoms with E-state index < -0.39 is 0 Å². The molecule has 1 amide bonds. The Kier molecular flexibility index (Phi) is 5.00. The van der Waals surface area contributed by atoms with Crippen molar-refractivity contribution in [3.05, 3.63) is 70.3 Å². The molecule has 1 heterocycles. The minimum Gasteiger partial charge on any atom is -0.336 e. The number of carbonyl (C=O) groups is 1. The number of benzene rings is 2. The molecule has 0 bridgehead atoms. The maximum Gasteiger partial charge on any atom is 0.254 e. The van der Waals surface area contributed by atoms with Crippen LogP contribution in [0.15, 0.2) is 42.5 Å². The van der Waals surface area contributed by atoms with Gasteiger partial charge in [0.25, 0.3) is 5.91 Å². The van der Waals surface area contributed by atoms with Crippen LogP contribution in [0.1, 0.15) is 32.6 Å². The van der Waals surface area contributed by atoms with Gasteiger partial charge < -0.3 is 4.90 Å². The van der Waals surface area contributed by atoms with Gasteiger partial charge in [0.1, 0.15) is 0 Å². The summed E-state index contributed by atoms with van der Waals surface area (Å²) in [6.45, 7) is 10.6. The molecule has 0 aromatic heterocycles. The summed E-state index contributed by atoms with van der Waals surface area (Å²) >= 11 is 0. The summed E-state index contributed by atoms with van der Waals surface area (Å²) < 4.78 is 0. The van der Waals surface area contributed by atoms with E-state index >= 15 is 0 Å². The Morgan fingerprint density at radius 3 is 2.17 bits per heavy atom. The lowest BCUT2D eigenvalue weighted by Gasteiger charge is -2.35. The van der Waals surface area contributed by atoms with E-state index in [0.717, 1.165) is 49.4 Å². The van der Waals surface area contributed by atoms with Crippen molar-refractivity contribution in [1.82, 2.24) is 9.80 Å². The van der Waals surface area contributed by atoms with Gasteiger partial charge in [0.05, 0.1) is 0 Å². The predicted molar refractivity (Wildman–Crippen MR) is 98.3 cm³/mol. The molecule has 0 spiro atoms. The summed E-state index contributed by atoms with van der Waals surface area (Å²) in [5, 5.41) is 0. The van der Waals surface area contributed by atoms with Crippen molar-refractivity contribution in [2.24, 2.45) is 0 Å². The van der Waals surface area contributed by atoms with Crippen molar-refractivity contribution < 1.29 is 4.79 Å². The quantitative estimate of drug-likeness (QED) is 0.862. The zero-order valence-electron chi connectivity index (χ0n) is 14.9. The van der Waals surface area contributed by atoms with Gasteiger partial charge in [-0.1, -0.05) is 47.5 Å². The molecule has 0 saturated carbocycles. The number of hydrogen-bond donors (Lipinski definition) is 0. The summed E-state index contributed by atoms with van der Waals surface area (Å²) in [6, 6.07) is 14.8. The van der Waals surface area contributed by atoms with Crippen LogP contribution in [0.5, 0.6) is 0 Å². The van der Waals surface area contributed by atoms with Crippen LogP contribution in [-0.4, -0.2) is 41.9 Å². The molecule has 0 unspecified atom stereocenters. The van der Waals surface area contributed by atoms with Crippen LogP contribution >= 0.6 is 0 Å². The minimum atomic E-state index is 0.172. The number of rotatable bonds is 3. The third-order valence-electron chi connectivity index (χ3n) is 4.81. The standard InChI is InChI=1S/C21H26N2O/c1-16-5-8-19(9-6-16)15-22-10-12-23(13-11-22)21(24)20-14-17(2)4-7-18(20)3/h4-9,14H,10-13,15H2,1-3H3. The molecule has 0 radical (unpaired) electrons. The third-order valence-corrected chi connectivity index (χ3v) is 4.81. The number of piperazine rings is 1. The van der Waals surface area contributed by atoms with Crippen molar-refractivity contribution in [3.8, 4) is 0 Å². The van der Waals surface area contributed by atoms with Crippen molar-refractivity contribution >= 4 is 5.91 Å². The average molecular weight is 322 g/mol. The van der Waals surface area contributed by atoms with E-state index in [1.165, 1.54) is 11.1 Å². The molecule has 24 heavy (non-hydrogen) atoms. The maximum atomic E-state index is 12.8. The van der Waals surface area contributed by atoms with E-state index in [9.17, 15) is 4.79 Å². The van der Waals surface area contributed by atoms with Crippen molar-refractivity contribution in [2.45, 2.75) is 27.3 Å². The molecular formula is C21H26N2O. The molecule has 0 N–H and O–H groups in total. The highest BCUT2D eigenvalue weighted by molar-refractivity contribution is 5.95. The summed E-state index contributed by atoms with van der Waals surface area (Å²) in [7, 11) is 0. The van der Waals surface area contributed by atoms with Gasteiger partial charge in [-0.3, -0.25) is 9.69 Å². The average Bonchev–Trinajstić information content (AvgIpc) is 2.59. The van der Waals surface area contributed by atoms with Crippen molar-refractivity contribution in [2.75, 3.05) is 26.2 Å². The lowest BCUT2D eigenvalue weighted by molar-refractivity contribution is 0.0627. The summed E-state index contributed by atoms with van der Waals surface area (Å²) in [6.07, 6.45) is 0. The summed E-state index contributed by atoms with van der Waals surface area (Å²) in [4.78, 5) is 17.2. The molecule has 2 aromatic rings. The Morgan fingerprint density at radius 2 is 1.50 bits per heavy atom.